The van der Waals surface area contributed by atoms with Crippen molar-refractivity contribution in [3.05, 3.63) is 65.9 Å². The predicted molar refractivity (Wildman–Crippen MR) is 121 cm³/mol. The minimum atomic E-state index is -0.236. The molecule has 0 atom stereocenters. The molecule has 0 fully saturated rings. The second kappa shape index (κ2) is 10.5. The third-order valence-electron chi connectivity index (χ3n) is 4.80. The van der Waals surface area contributed by atoms with Crippen molar-refractivity contribution >= 4 is 17.6 Å². The molecule has 0 radical (unpaired) electrons. The van der Waals surface area contributed by atoms with Gasteiger partial charge in [0.05, 0.1) is 18.0 Å². The smallest absolute Gasteiger partial charge is 0.243 e. The molecule has 7 heteroatoms. The molecule has 0 aliphatic carbocycles. The number of rotatable bonds is 9. The van der Waals surface area contributed by atoms with E-state index in [0.717, 1.165) is 28.1 Å². The van der Waals surface area contributed by atoms with E-state index in [1.54, 1.807) is 11.6 Å². The third-order valence-corrected chi connectivity index (χ3v) is 4.80. The molecule has 2 aromatic carbocycles. The van der Waals surface area contributed by atoms with Crippen LogP contribution in [0.3, 0.4) is 0 Å². The van der Waals surface area contributed by atoms with Gasteiger partial charge in [0.15, 0.2) is 0 Å². The molecule has 2 N–H and O–H groups in total. The number of anilines is 1. The van der Waals surface area contributed by atoms with Gasteiger partial charge in [-0.1, -0.05) is 48.0 Å². The maximum absolute atomic E-state index is 12.7. The SMILES string of the molecule is CCONC(=O)CCCC(=O)Nc1c(-c2ccccc2)c(C)nn1-c1ccc(C)cc1. The van der Waals surface area contributed by atoms with E-state index in [9.17, 15) is 9.59 Å². The number of nitrogens with zero attached hydrogens (tertiary/aromatic N) is 2. The molecule has 0 unspecified atom stereocenters. The van der Waals surface area contributed by atoms with Crippen LogP contribution in [0, 0.1) is 13.8 Å². The molecular weight excluding hydrogens is 392 g/mol. The summed E-state index contributed by atoms with van der Waals surface area (Å²) in [5, 5.41) is 7.73. The quantitative estimate of drug-likeness (QED) is 0.505. The highest BCUT2D eigenvalue weighted by atomic mass is 16.6. The standard InChI is InChI=1S/C24H28N4O3/c1-4-31-27-22(30)12-8-11-21(29)25-24-23(19-9-6-5-7-10-19)18(3)26-28(24)20-15-13-17(2)14-16-20/h5-7,9-10,13-16H,4,8,11-12H2,1-3H3,(H,25,29)(H,27,30). The molecule has 0 aliphatic rings. The predicted octanol–water partition coefficient (Wildman–Crippen LogP) is 4.33. The summed E-state index contributed by atoms with van der Waals surface area (Å²) >= 11 is 0. The van der Waals surface area contributed by atoms with E-state index < -0.39 is 0 Å². The number of carbonyl (C=O) groups is 2. The molecule has 1 aromatic heterocycles. The molecule has 2 amide bonds. The first-order chi connectivity index (χ1) is 15.0. The van der Waals surface area contributed by atoms with Gasteiger partial charge in [-0.3, -0.25) is 14.4 Å². The van der Waals surface area contributed by atoms with Crippen LogP contribution in [0.1, 0.15) is 37.4 Å². The fourth-order valence-electron chi connectivity index (χ4n) is 3.27. The summed E-state index contributed by atoms with van der Waals surface area (Å²) in [7, 11) is 0. The molecule has 1 heterocycles. The van der Waals surface area contributed by atoms with E-state index in [2.05, 4.69) is 10.8 Å². The van der Waals surface area contributed by atoms with Crippen molar-refractivity contribution in [3.63, 3.8) is 0 Å². The van der Waals surface area contributed by atoms with Crippen LogP contribution in [-0.4, -0.2) is 28.2 Å². The van der Waals surface area contributed by atoms with Gasteiger partial charge < -0.3 is 5.32 Å². The van der Waals surface area contributed by atoms with Gasteiger partial charge >= 0.3 is 0 Å². The molecule has 0 saturated heterocycles. The summed E-state index contributed by atoms with van der Waals surface area (Å²) in [5.74, 6) is 0.214. The lowest BCUT2D eigenvalue weighted by atomic mass is 10.1. The van der Waals surface area contributed by atoms with Gasteiger partial charge in [-0.25, -0.2) is 10.2 Å². The van der Waals surface area contributed by atoms with Crippen molar-refractivity contribution in [3.8, 4) is 16.8 Å². The van der Waals surface area contributed by atoms with Gasteiger partial charge in [0.2, 0.25) is 11.8 Å². The summed E-state index contributed by atoms with van der Waals surface area (Å²) in [6.45, 7) is 6.15. The number of aryl methyl sites for hydroxylation is 2. The molecule has 31 heavy (non-hydrogen) atoms. The largest absolute Gasteiger partial charge is 0.310 e. The fraction of sp³-hybridized carbons (Fsp3) is 0.292. The zero-order valence-corrected chi connectivity index (χ0v) is 18.1. The third kappa shape index (κ3) is 5.79. The van der Waals surface area contributed by atoms with Gasteiger partial charge in [0, 0.05) is 18.4 Å². The second-order valence-electron chi connectivity index (χ2n) is 7.28. The first-order valence-corrected chi connectivity index (χ1v) is 10.4. The number of hydrogen-bond acceptors (Lipinski definition) is 4. The summed E-state index contributed by atoms with van der Waals surface area (Å²) in [6, 6.07) is 17.8. The Bertz CT molecular complexity index is 1030. The highest BCUT2D eigenvalue weighted by Crippen LogP contribution is 2.33. The second-order valence-corrected chi connectivity index (χ2v) is 7.28. The van der Waals surface area contributed by atoms with Crippen molar-refractivity contribution in [1.29, 1.82) is 0 Å². The van der Waals surface area contributed by atoms with Crippen LogP contribution in [0.5, 0.6) is 0 Å². The number of hydrogen-bond donors (Lipinski definition) is 2. The first kappa shape index (κ1) is 22.2. The molecule has 0 spiro atoms. The maximum atomic E-state index is 12.7. The average Bonchev–Trinajstić information content (AvgIpc) is 3.09. The van der Waals surface area contributed by atoms with Crippen LogP contribution in [-0.2, 0) is 14.4 Å². The number of amides is 2. The van der Waals surface area contributed by atoms with E-state index in [1.807, 2.05) is 68.4 Å². The number of hydroxylamine groups is 1. The topological polar surface area (TPSA) is 85.2 Å². The minimum absolute atomic E-state index is 0.172. The molecule has 0 saturated carbocycles. The van der Waals surface area contributed by atoms with E-state index in [1.165, 1.54) is 0 Å². The average molecular weight is 421 g/mol. The van der Waals surface area contributed by atoms with Gasteiger partial charge in [-0.2, -0.15) is 5.10 Å². The molecular formula is C24H28N4O3. The molecule has 3 rings (SSSR count). The van der Waals surface area contributed by atoms with Crippen molar-refractivity contribution in [1.82, 2.24) is 15.3 Å². The van der Waals surface area contributed by atoms with Gasteiger partial charge in [0.1, 0.15) is 5.82 Å². The van der Waals surface area contributed by atoms with Crippen LogP contribution in [0.25, 0.3) is 16.8 Å². The lowest BCUT2D eigenvalue weighted by molar-refractivity contribution is -0.133. The van der Waals surface area contributed by atoms with Gasteiger partial charge in [-0.15, -0.1) is 0 Å². The molecule has 0 bridgehead atoms. The Labute approximate surface area is 182 Å². The van der Waals surface area contributed by atoms with Crippen molar-refractivity contribution < 1.29 is 14.4 Å². The Hall–Kier alpha value is -3.45. The van der Waals surface area contributed by atoms with Gasteiger partial charge in [-0.05, 0) is 44.9 Å². The van der Waals surface area contributed by atoms with Crippen LogP contribution < -0.4 is 10.8 Å². The summed E-state index contributed by atoms with van der Waals surface area (Å²) in [5.41, 5.74) is 7.02. The molecule has 162 valence electrons. The Morgan fingerprint density at radius 2 is 1.65 bits per heavy atom. The lowest BCUT2D eigenvalue weighted by Crippen LogP contribution is -2.23. The lowest BCUT2D eigenvalue weighted by Gasteiger charge is -2.12. The van der Waals surface area contributed by atoms with E-state index in [-0.39, 0.29) is 24.7 Å². The number of carbonyl (C=O) groups excluding carboxylic acids is 2. The van der Waals surface area contributed by atoms with Crippen LogP contribution in [0.15, 0.2) is 54.6 Å². The summed E-state index contributed by atoms with van der Waals surface area (Å²) in [6.07, 6.45) is 0.851. The van der Waals surface area contributed by atoms with Crippen LogP contribution >= 0.6 is 0 Å². The highest BCUT2D eigenvalue weighted by molar-refractivity contribution is 5.95. The van der Waals surface area contributed by atoms with Crippen LogP contribution in [0.2, 0.25) is 0 Å². The monoisotopic (exact) mass is 420 g/mol. The summed E-state index contributed by atoms with van der Waals surface area (Å²) < 4.78 is 1.76. The molecule has 0 aliphatic heterocycles. The van der Waals surface area contributed by atoms with E-state index in [0.29, 0.717) is 18.8 Å². The number of aromatic nitrogens is 2. The zero-order chi connectivity index (χ0) is 22.2. The number of nitrogens with one attached hydrogen (secondary N) is 2. The minimum Gasteiger partial charge on any atom is -0.310 e. The Morgan fingerprint density at radius 3 is 2.32 bits per heavy atom. The zero-order valence-electron chi connectivity index (χ0n) is 18.1. The first-order valence-electron chi connectivity index (χ1n) is 10.4. The molecule has 3 aromatic rings. The Morgan fingerprint density at radius 1 is 0.968 bits per heavy atom. The fourth-order valence-corrected chi connectivity index (χ4v) is 3.27. The number of benzene rings is 2. The Balaban J connectivity index is 1.84. The van der Waals surface area contributed by atoms with Crippen molar-refractivity contribution in [2.75, 3.05) is 11.9 Å². The van der Waals surface area contributed by atoms with Gasteiger partial charge in [0.25, 0.3) is 0 Å². The van der Waals surface area contributed by atoms with E-state index >= 15 is 0 Å². The molecule has 7 nitrogen and oxygen atoms in total. The van der Waals surface area contributed by atoms with Crippen LogP contribution in [0.4, 0.5) is 5.82 Å². The maximum Gasteiger partial charge on any atom is 0.243 e. The normalized spacial score (nSPS) is 10.7. The van der Waals surface area contributed by atoms with E-state index in [4.69, 9.17) is 9.94 Å². The van der Waals surface area contributed by atoms with Crippen molar-refractivity contribution in [2.24, 2.45) is 0 Å². The summed E-state index contributed by atoms with van der Waals surface area (Å²) in [4.78, 5) is 29.3. The Kier molecular flexibility index (Phi) is 7.56. The highest BCUT2D eigenvalue weighted by Gasteiger charge is 2.20. The van der Waals surface area contributed by atoms with Crippen molar-refractivity contribution in [2.45, 2.75) is 40.0 Å².